The average molecular weight is 457 g/mol. The maximum Gasteiger partial charge on any atom is 0.261 e. The van der Waals surface area contributed by atoms with Crippen LogP contribution in [-0.2, 0) is 14.3 Å². The largest absolute Gasteiger partial charge is 0.454 e. The summed E-state index contributed by atoms with van der Waals surface area (Å²) in [6.45, 7) is 5.07. The summed E-state index contributed by atoms with van der Waals surface area (Å²) in [6, 6.07) is 7.59. The number of hydrogen-bond donors (Lipinski definition) is 0. The molecule has 4 fully saturated rings. The minimum Gasteiger partial charge on any atom is -0.454 e. The zero-order valence-corrected chi connectivity index (χ0v) is 18.8. The standard InChI is InChI=1S/C22H24N4O5S/c1-20-18(27)26-17(14-3-4-15-16(9-14)31-13-30-15)21(11-23,12-25-5-7-29-8-6-25)10-22(26,32-20)19(28)24(20)2/h3-4,9,17H,5-8,10,12-13H2,1-2H3/t17-,20-,21+,22-/m0/s1. The lowest BCUT2D eigenvalue weighted by molar-refractivity contribution is -0.159. The lowest BCUT2D eigenvalue weighted by Gasteiger charge is -2.41. The molecule has 0 unspecified atom stereocenters. The Morgan fingerprint density at radius 2 is 1.94 bits per heavy atom. The first-order valence-corrected chi connectivity index (χ1v) is 11.6. The highest BCUT2D eigenvalue weighted by molar-refractivity contribution is 8.04. The monoisotopic (exact) mass is 456 g/mol. The van der Waals surface area contributed by atoms with E-state index in [0.29, 0.717) is 37.7 Å². The summed E-state index contributed by atoms with van der Waals surface area (Å²) < 4.78 is 16.5. The van der Waals surface area contributed by atoms with E-state index < -0.39 is 21.2 Å². The third-order valence-electron chi connectivity index (χ3n) is 7.53. The minimum atomic E-state index is -1.07. The molecule has 0 saturated carbocycles. The Kier molecular flexibility index (Phi) is 4.11. The molecule has 0 aromatic heterocycles. The van der Waals surface area contributed by atoms with E-state index in [1.807, 2.05) is 18.2 Å². The SMILES string of the molecule is CN1C(=O)[C@@]23C[C@@](C#N)(CN4CCOCC4)[C@H](c4ccc5c(c4)OCO5)N2C(=O)[C@]1(C)S3. The Morgan fingerprint density at radius 1 is 1.19 bits per heavy atom. The van der Waals surface area contributed by atoms with Crippen molar-refractivity contribution in [2.45, 2.75) is 29.1 Å². The first kappa shape index (κ1) is 20.1. The van der Waals surface area contributed by atoms with Gasteiger partial charge in [-0.3, -0.25) is 14.5 Å². The number of ether oxygens (including phenoxy) is 3. The van der Waals surface area contributed by atoms with Crippen LogP contribution in [0.5, 0.6) is 11.5 Å². The van der Waals surface area contributed by atoms with Crippen molar-refractivity contribution in [3.05, 3.63) is 23.8 Å². The molecule has 0 aliphatic carbocycles. The van der Waals surface area contributed by atoms with Crippen LogP contribution in [0, 0.1) is 16.7 Å². The van der Waals surface area contributed by atoms with Crippen LogP contribution in [0.25, 0.3) is 0 Å². The van der Waals surface area contributed by atoms with Crippen LogP contribution in [-0.4, -0.2) is 82.9 Å². The van der Waals surface area contributed by atoms with Crippen molar-refractivity contribution in [2.75, 3.05) is 46.7 Å². The molecule has 32 heavy (non-hydrogen) atoms. The molecule has 6 rings (SSSR count). The van der Waals surface area contributed by atoms with E-state index in [4.69, 9.17) is 14.2 Å². The van der Waals surface area contributed by atoms with Gasteiger partial charge in [0.05, 0.1) is 30.7 Å². The maximum atomic E-state index is 13.7. The van der Waals surface area contributed by atoms with Gasteiger partial charge in [-0.25, -0.2) is 0 Å². The number of carbonyl (C=O) groups excluding carboxylic acids is 2. The zero-order chi connectivity index (χ0) is 22.3. The molecule has 0 N–H and O–H groups in total. The first-order valence-electron chi connectivity index (χ1n) is 10.8. The molecule has 2 bridgehead atoms. The molecule has 4 atom stereocenters. The lowest BCUT2D eigenvalue weighted by Crippen LogP contribution is -2.61. The maximum absolute atomic E-state index is 13.7. The fourth-order valence-electron chi connectivity index (χ4n) is 5.91. The smallest absolute Gasteiger partial charge is 0.261 e. The molecular weight excluding hydrogens is 432 g/mol. The molecule has 168 valence electrons. The molecule has 5 aliphatic rings. The van der Waals surface area contributed by atoms with Crippen molar-refractivity contribution >= 4 is 23.6 Å². The van der Waals surface area contributed by atoms with Crippen LogP contribution < -0.4 is 9.47 Å². The van der Waals surface area contributed by atoms with Gasteiger partial charge in [0.15, 0.2) is 21.2 Å². The van der Waals surface area contributed by atoms with E-state index in [-0.39, 0.29) is 18.6 Å². The molecule has 5 aliphatic heterocycles. The van der Waals surface area contributed by atoms with Crippen molar-refractivity contribution < 1.29 is 23.8 Å². The number of hydrogen-bond acceptors (Lipinski definition) is 8. The van der Waals surface area contributed by atoms with Crippen LogP contribution in [0.3, 0.4) is 0 Å². The normalized spacial score (nSPS) is 37.8. The molecule has 5 heterocycles. The van der Waals surface area contributed by atoms with Gasteiger partial charge in [0, 0.05) is 33.1 Å². The number of morpholine rings is 1. The highest BCUT2D eigenvalue weighted by atomic mass is 32.2. The highest BCUT2D eigenvalue weighted by Crippen LogP contribution is 2.69. The van der Waals surface area contributed by atoms with E-state index in [1.54, 1.807) is 23.8 Å². The van der Waals surface area contributed by atoms with E-state index in [2.05, 4.69) is 11.0 Å². The molecular formula is C22H24N4O5S. The topological polar surface area (TPSA) is 95.3 Å². The predicted octanol–water partition coefficient (Wildman–Crippen LogP) is 1.16. The molecule has 1 aromatic carbocycles. The fraction of sp³-hybridized carbons (Fsp3) is 0.591. The van der Waals surface area contributed by atoms with Gasteiger partial charge in [0.1, 0.15) is 0 Å². The molecule has 1 aromatic rings. The summed E-state index contributed by atoms with van der Waals surface area (Å²) in [6.07, 6.45) is 0.294. The highest BCUT2D eigenvalue weighted by Gasteiger charge is 2.79. The number of benzene rings is 1. The number of piperazine rings is 1. The number of carbonyl (C=O) groups is 2. The third kappa shape index (κ3) is 2.36. The molecule has 0 radical (unpaired) electrons. The quantitative estimate of drug-likeness (QED) is 0.669. The van der Waals surface area contributed by atoms with Crippen molar-refractivity contribution in [3.8, 4) is 17.6 Å². The summed E-state index contributed by atoms with van der Waals surface area (Å²) in [5.41, 5.74) is -0.155. The van der Waals surface area contributed by atoms with Crippen LogP contribution in [0.15, 0.2) is 18.2 Å². The van der Waals surface area contributed by atoms with E-state index in [0.717, 1.165) is 18.7 Å². The number of fused-ring (bicyclic) bond motifs is 2. The van der Waals surface area contributed by atoms with Gasteiger partial charge >= 0.3 is 0 Å². The summed E-state index contributed by atoms with van der Waals surface area (Å²) in [5, 5.41) is 10.6. The molecule has 10 heteroatoms. The number of nitrogens with zero attached hydrogens (tertiary/aromatic N) is 4. The fourth-order valence-corrected chi connectivity index (χ4v) is 7.81. The van der Waals surface area contributed by atoms with Crippen LogP contribution in [0.1, 0.15) is 24.9 Å². The minimum absolute atomic E-state index is 0.102. The Morgan fingerprint density at radius 3 is 2.69 bits per heavy atom. The predicted molar refractivity (Wildman–Crippen MR) is 114 cm³/mol. The van der Waals surface area contributed by atoms with Gasteiger partial charge in [0.2, 0.25) is 6.79 Å². The van der Waals surface area contributed by atoms with E-state index >= 15 is 0 Å². The number of amides is 2. The van der Waals surface area contributed by atoms with Gasteiger partial charge in [-0.2, -0.15) is 5.26 Å². The molecule has 9 nitrogen and oxygen atoms in total. The molecule has 1 spiro atoms. The second-order valence-corrected chi connectivity index (χ2v) is 10.9. The van der Waals surface area contributed by atoms with Gasteiger partial charge in [-0.1, -0.05) is 17.8 Å². The number of nitriles is 1. The van der Waals surface area contributed by atoms with Crippen LogP contribution in [0.2, 0.25) is 0 Å². The summed E-state index contributed by atoms with van der Waals surface area (Å²) in [4.78, 5) is 30.7. The Balaban J connectivity index is 1.50. The summed E-state index contributed by atoms with van der Waals surface area (Å²) in [5.74, 6) is 1.02. The second kappa shape index (κ2) is 6.53. The zero-order valence-electron chi connectivity index (χ0n) is 18.0. The Labute approximate surface area is 190 Å². The van der Waals surface area contributed by atoms with Crippen molar-refractivity contribution in [1.82, 2.24) is 14.7 Å². The van der Waals surface area contributed by atoms with Crippen molar-refractivity contribution in [2.24, 2.45) is 5.41 Å². The van der Waals surface area contributed by atoms with Gasteiger partial charge in [-0.05, 0) is 24.6 Å². The first-order chi connectivity index (χ1) is 15.3. The Bertz CT molecular complexity index is 1070. The summed E-state index contributed by atoms with van der Waals surface area (Å²) in [7, 11) is 1.68. The lowest BCUT2D eigenvalue weighted by atomic mass is 9.76. The second-order valence-electron chi connectivity index (χ2n) is 9.26. The molecule has 2 amide bonds. The van der Waals surface area contributed by atoms with Crippen molar-refractivity contribution in [3.63, 3.8) is 0 Å². The molecule has 4 saturated heterocycles. The van der Waals surface area contributed by atoms with E-state index in [9.17, 15) is 14.9 Å². The Hall–Kier alpha value is -2.48. The summed E-state index contributed by atoms with van der Waals surface area (Å²) >= 11 is 1.38. The average Bonchev–Trinajstić information content (AvgIpc) is 3.48. The van der Waals surface area contributed by atoms with E-state index in [1.165, 1.54) is 11.8 Å². The number of rotatable bonds is 3. The number of likely N-dealkylation sites (N-methyl/N-ethyl adjacent to an activating group) is 1. The van der Waals surface area contributed by atoms with Gasteiger partial charge < -0.3 is 24.0 Å². The van der Waals surface area contributed by atoms with Gasteiger partial charge in [0.25, 0.3) is 11.8 Å². The van der Waals surface area contributed by atoms with Crippen LogP contribution in [0.4, 0.5) is 0 Å². The number of thioether (sulfide) groups is 1. The van der Waals surface area contributed by atoms with Crippen LogP contribution >= 0.6 is 11.8 Å². The van der Waals surface area contributed by atoms with Crippen molar-refractivity contribution in [1.29, 1.82) is 5.26 Å². The van der Waals surface area contributed by atoms with Gasteiger partial charge in [-0.15, -0.1) is 0 Å². The third-order valence-corrected chi connectivity index (χ3v) is 9.23.